The van der Waals surface area contributed by atoms with Crippen molar-refractivity contribution in [2.75, 3.05) is 18.1 Å². The summed E-state index contributed by atoms with van der Waals surface area (Å²) in [5.41, 5.74) is 4.94. The number of fused-ring (bicyclic) bond motifs is 3. The molecular formula is C36H36ClNO5. The first-order valence-corrected chi connectivity index (χ1v) is 15.4. The predicted molar refractivity (Wildman–Crippen MR) is 168 cm³/mol. The Balaban J connectivity index is 1.28. The molecule has 43 heavy (non-hydrogen) atoms. The number of phenols is 1. The van der Waals surface area contributed by atoms with Crippen LogP contribution in [0.2, 0.25) is 5.02 Å². The third kappa shape index (κ3) is 5.99. The van der Waals surface area contributed by atoms with Gasteiger partial charge in [-0.05, 0) is 84.9 Å². The Morgan fingerprint density at radius 3 is 2.47 bits per heavy atom. The van der Waals surface area contributed by atoms with Crippen LogP contribution in [0.1, 0.15) is 44.6 Å². The second kappa shape index (κ2) is 12.8. The third-order valence-electron chi connectivity index (χ3n) is 8.82. The summed E-state index contributed by atoms with van der Waals surface area (Å²) in [4.78, 5) is 28.9. The molecule has 2 amide bonds. The van der Waals surface area contributed by atoms with E-state index in [1.165, 1.54) is 10.5 Å². The molecule has 0 bridgehead atoms. The molecule has 0 unspecified atom stereocenters. The van der Waals surface area contributed by atoms with Crippen molar-refractivity contribution >= 4 is 35.2 Å². The largest absolute Gasteiger partial charge is 0.508 e. The van der Waals surface area contributed by atoms with Gasteiger partial charge in [0.2, 0.25) is 11.8 Å². The number of halogens is 1. The molecule has 1 aliphatic carbocycles. The van der Waals surface area contributed by atoms with Gasteiger partial charge in [-0.15, -0.1) is 0 Å². The molecule has 4 atom stereocenters. The van der Waals surface area contributed by atoms with E-state index in [9.17, 15) is 14.7 Å². The van der Waals surface area contributed by atoms with Crippen molar-refractivity contribution in [3.05, 3.63) is 106 Å². The summed E-state index contributed by atoms with van der Waals surface area (Å²) in [5, 5.41) is 10.3. The van der Waals surface area contributed by atoms with Crippen molar-refractivity contribution in [1.82, 2.24) is 0 Å². The number of para-hydroxylation sites is 2. The van der Waals surface area contributed by atoms with Crippen LogP contribution in [0.15, 0.2) is 95.6 Å². The number of phenolic OH excluding ortho intramolecular Hbond substituents is 1. The quantitative estimate of drug-likeness (QED) is 0.192. The lowest BCUT2D eigenvalue weighted by Crippen LogP contribution is -2.35. The monoisotopic (exact) mass is 597 g/mol. The Kier molecular flexibility index (Phi) is 8.68. The van der Waals surface area contributed by atoms with Crippen LogP contribution in [0.5, 0.6) is 11.5 Å². The van der Waals surface area contributed by atoms with E-state index in [1.54, 1.807) is 12.1 Å². The van der Waals surface area contributed by atoms with Crippen molar-refractivity contribution in [2.45, 2.75) is 45.1 Å². The van der Waals surface area contributed by atoms with E-state index in [2.05, 4.69) is 13.0 Å². The van der Waals surface area contributed by atoms with Crippen LogP contribution in [0, 0.1) is 17.8 Å². The van der Waals surface area contributed by atoms with E-state index in [-0.39, 0.29) is 29.6 Å². The Bertz CT molecular complexity index is 1550. The highest BCUT2D eigenvalue weighted by atomic mass is 35.5. The second-order valence-electron chi connectivity index (χ2n) is 11.6. The first kappa shape index (κ1) is 29.2. The molecule has 2 saturated heterocycles. The number of benzene rings is 3. The van der Waals surface area contributed by atoms with Gasteiger partial charge >= 0.3 is 0 Å². The molecule has 2 heterocycles. The van der Waals surface area contributed by atoms with Crippen LogP contribution in [0.3, 0.4) is 0 Å². The molecule has 3 aromatic carbocycles. The van der Waals surface area contributed by atoms with Crippen molar-refractivity contribution in [3.8, 4) is 11.5 Å². The fourth-order valence-corrected chi connectivity index (χ4v) is 7.11. The van der Waals surface area contributed by atoms with Crippen LogP contribution < -0.4 is 9.64 Å². The predicted octanol–water partition coefficient (Wildman–Crippen LogP) is 7.61. The highest BCUT2D eigenvalue weighted by Gasteiger charge is 2.57. The topological polar surface area (TPSA) is 76.1 Å². The minimum Gasteiger partial charge on any atom is -0.508 e. The summed E-state index contributed by atoms with van der Waals surface area (Å²) >= 11 is 6.42. The second-order valence-corrected chi connectivity index (χ2v) is 12.0. The molecule has 3 aromatic rings. The summed E-state index contributed by atoms with van der Waals surface area (Å²) in [6, 6.07) is 23.9. The maximum absolute atomic E-state index is 13.9. The number of rotatable bonds is 10. The van der Waals surface area contributed by atoms with E-state index in [4.69, 9.17) is 21.1 Å². The highest BCUT2D eigenvalue weighted by molar-refractivity contribution is 6.32. The standard InChI is InChI=1S/C36H36ClNO5/c1-2-9-23(18-24-15-16-27(39)20-31(24)37)14-17-32-33-25(21-42-28-12-7-4-8-13-28)19-29-34(30(33)22-43-32)36(41)38(35(29)40)26-10-5-3-6-11-26/h3-8,10-13,15-16,18,20,29-30,32,34,39H,2,9,14,17,19,21-22H2,1H3/b23-18+/t29-,30+,32-,34-/m1/s1. The smallest absolute Gasteiger partial charge is 0.238 e. The molecule has 7 heteroatoms. The van der Waals surface area contributed by atoms with E-state index >= 15 is 0 Å². The number of carbonyl (C=O) groups is 2. The number of carbonyl (C=O) groups excluding carboxylic acids is 2. The average Bonchev–Trinajstić information content (AvgIpc) is 3.55. The molecule has 3 aliphatic rings. The SMILES string of the molecule is CCC/C(=C\c1ccc(O)cc1Cl)CC[C@H]1OC[C@H]2C1=C(COc1ccccc1)C[C@H]1C(=O)N(c3ccccc3)C(=O)[C@H]12. The Labute approximate surface area is 257 Å². The van der Waals surface area contributed by atoms with Gasteiger partial charge in [0.15, 0.2) is 0 Å². The summed E-state index contributed by atoms with van der Waals surface area (Å²) in [5.74, 6) is -0.385. The van der Waals surface area contributed by atoms with Gasteiger partial charge < -0.3 is 14.6 Å². The van der Waals surface area contributed by atoms with Crippen molar-refractivity contribution in [3.63, 3.8) is 0 Å². The van der Waals surface area contributed by atoms with Gasteiger partial charge in [0.1, 0.15) is 18.1 Å². The van der Waals surface area contributed by atoms with Crippen LogP contribution >= 0.6 is 11.6 Å². The zero-order chi connectivity index (χ0) is 29.9. The van der Waals surface area contributed by atoms with Crippen molar-refractivity contribution in [2.24, 2.45) is 17.8 Å². The minimum absolute atomic E-state index is 0.135. The van der Waals surface area contributed by atoms with E-state index in [1.807, 2.05) is 66.7 Å². The number of allylic oxidation sites excluding steroid dienone is 1. The molecular weight excluding hydrogens is 562 g/mol. The van der Waals surface area contributed by atoms with Crippen LogP contribution in [0.4, 0.5) is 5.69 Å². The zero-order valence-electron chi connectivity index (χ0n) is 24.2. The maximum atomic E-state index is 13.9. The first-order valence-electron chi connectivity index (χ1n) is 15.1. The number of ether oxygens (including phenoxy) is 2. The molecule has 1 N–H and O–H groups in total. The number of hydrogen-bond donors (Lipinski definition) is 1. The molecule has 0 aromatic heterocycles. The van der Waals surface area contributed by atoms with Crippen LogP contribution in [-0.2, 0) is 14.3 Å². The molecule has 222 valence electrons. The number of imide groups is 1. The van der Waals surface area contributed by atoms with Gasteiger partial charge in [0.25, 0.3) is 0 Å². The fourth-order valence-electron chi connectivity index (χ4n) is 6.88. The Hall–Kier alpha value is -3.87. The summed E-state index contributed by atoms with van der Waals surface area (Å²) < 4.78 is 12.7. The number of nitrogens with zero attached hydrogens (tertiary/aromatic N) is 1. The third-order valence-corrected chi connectivity index (χ3v) is 9.15. The van der Waals surface area contributed by atoms with E-state index in [0.29, 0.717) is 30.3 Å². The molecule has 6 nitrogen and oxygen atoms in total. The highest BCUT2D eigenvalue weighted by Crippen LogP contribution is 2.50. The summed E-state index contributed by atoms with van der Waals surface area (Å²) in [7, 11) is 0. The Morgan fingerprint density at radius 2 is 1.74 bits per heavy atom. The molecule has 0 radical (unpaired) electrons. The van der Waals surface area contributed by atoms with Gasteiger partial charge in [0, 0.05) is 5.92 Å². The molecule has 6 rings (SSSR count). The lowest BCUT2D eigenvalue weighted by atomic mass is 9.69. The van der Waals surface area contributed by atoms with Gasteiger partial charge in [-0.25, -0.2) is 0 Å². The van der Waals surface area contributed by atoms with Crippen LogP contribution in [0.25, 0.3) is 6.08 Å². The molecule has 0 saturated carbocycles. The van der Waals surface area contributed by atoms with Gasteiger partial charge in [-0.2, -0.15) is 0 Å². The summed E-state index contributed by atoms with van der Waals surface area (Å²) in [6.45, 7) is 2.92. The lowest BCUT2D eigenvalue weighted by Gasteiger charge is -2.31. The average molecular weight is 598 g/mol. The molecule has 2 aliphatic heterocycles. The number of aromatic hydroxyl groups is 1. The van der Waals surface area contributed by atoms with Crippen LogP contribution in [-0.4, -0.2) is 36.2 Å². The van der Waals surface area contributed by atoms with Crippen molar-refractivity contribution < 1.29 is 24.2 Å². The molecule has 2 fully saturated rings. The van der Waals surface area contributed by atoms with Crippen molar-refractivity contribution in [1.29, 1.82) is 0 Å². The van der Waals surface area contributed by atoms with Gasteiger partial charge in [0.05, 0.1) is 35.3 Å². The minimum atomic E-state index is -0.436. The summed E-state index contributed by atoms with van der Waals surface area (Å²) in [6.07, 6.45) is 5.89. The van der Waals surface area contributed by atoms with Gasteiger partial charge in [-0.1, -0.05) is 73.0 Å². The number of anilines is 1. The normalized spacial score (nSPS) is 23.5. The Morgan fingerprint density at radius 1 is 1.00 bits per heavy atom. The number of hydrogen-bond acceptors (Lipinski definition) is 5. The van der Waals surface area contributed by atoms with E-state index in [0.717, 1.165) is 48.1 Å². The van der Waals surface area contributed by atoms with Gasteiger partial charge in [-0.3, -0.25) is 14.5 Å². The molecule has 0 spiro atoms. The number of amides is 2. The first-order chi connectivity index (χ1) is 20.9. The fraction of sp³-hybridized carbons (Fsp3) is 0.333. The van der Waals surface area contributed by atoms with E-state index < -0.39 is 11.8 Å². The maximum Gasteiger partial charge on any atom is 0.238 e. The lowest BCUT2D eigenvalue weighted by molar-refractivity contribution is -0.122. The zero-order valence-corrected chi connectivity index (χ0v) is 25.0.